The second-order valence-electron chi connectivity index (χ2n) is 7.10. The van der Waals surface area contributed by atoms with Crippen molar-refractivity contribution in [1.29, 1.82) is 5.26 Å². The monoisotopic (exact) mass is 391 g/mol. The summed E-state index contributed by atoms with van der Waals surface area (Å²) in [6.45, 7) is 1.44. The summed E-state index contributed by atoms with van der Waals surface area (Å²) in [4.78, 5) is 23.2. The van der Waals surface area contributed by atoms with Crippen molar-refractivity contribution < 1.29 is 5.11 Å². The highest BCUT2D eigenvalue weighted by atomic mass is 16.3. The van der Waals surface area contributed by atoms with Gasteiger partial charge in [-0.05, 0) is 36.5 Å². The van der Waals surface area contributed by atoms with Crippen molar-refractivity contribution in [3.63, 3.8) is 0 Å². The van der Waals surface area contributed by atoms with E-state index in [1.165, 1.54) is 6.33 Å². The second kappa shape index (κ2) is 8.24. The smallest absolute Gasteiger partial charge is 0.277 e. The molecule has 1 aliphatic heterocycles. The number of aromatic nitrogens is 4. The number of aromatic amines is 1. The van der Waals surface area contributed by atoms with Crippen molar-refractivity contribution in [2.45, 2.75) is 25.9 Å². The number of fused-ring (bicyclic) bond motifs is 1. The lowest BCUT2D eigenvalue weighted by Gasteiger charge is -2.31. The molecule has 0 bridgehead atoms. The molecule has 0 radical (unpaired) electrons. The predicted octanol–water partition coefficient (Wildman–Crippen LogP) is 2.08. The molecular formula is C20H21N7O2. The quantitative estimate of drug-likeness (QED) is 0.602. The van der Waals surface area contributed by atoms with E-state index in [0.29, 0.717) is 40.6 Å². The Hall–Kier alpha value is -3.51. The van der Waals surface area contributed by atoms with E-state index in [9.17, 15) is 9.90 Å². The van der Waals surface area contributed by atoms with Gasteiger partial charge in [0.15, 0.2) is 5.82 Å². The van der Waals surface area contributed by atoms with E-state index in [4.69, 9.17) is 5.26 Å². The molecule has 3 heterocycles. The number of nitrogens with one attached hydrogen (secondary N) is 2. The molecule has 3 aromatic rings. The number of H-pyrrole nitrogens is 1. The molecule has 1 aliphatic rings. The van der Waals surface area contributed by atoms with E-state index in [-0.39, 0.29) is 12.2 Å². The van der Waals surface area contributed by atoms with Crippen molar-refractivity contribution in [3.8, 4) is 6.07 Å². The predicted molar refractivity (Wildman–Crippen MR) is 109 cm³/mol. The third kappa shape index (κ3) is 3.88. The van der Waals surface area contributed by atoms with E-state index in [1.807, 2.05) is 18.2 Å². The fourth-order valence-electron chi connectivity index (χ4n) is 3.66. The topological polar surface area (TPSA) is 131 Å². The van der Waals surface area contributed by atoms with Gasteiger partial charge in [-0.3, -0.25) is 4.79 Å². The van der Waals surface area contributed by atoms with Gasteiger partial charge in [0, 0.05) is 25.2 Å². The van der Waals surface area contributed by atoms with Crippen LogP contribution in [0.1, 0.15) is 24.8 Å². The molecule has 1 saturated heterocycles. The maximum atomic E-state index is 12.6. The fraction of sp³-hybridized carbons (Fsp3) is 0.350. The standard InChI is InChI=1S/C20H21N7O2/c21-7-4-13-5-8-27(9-6-13)19-17-16(20(29)26-25-19)18(23-12-22-17)24-15-3-1-2-14(10-15)11-28/h1-3,10,12-13,28H,4-6,8-9,11H2,(H,26,29)(H,22,23,24). The molecule has 9 heteroatoms. The van der Waals surface area contributed by atoms with Crippen molar-refractivity contribution >= 4 is 28.2 Å². The Morgan fingerprint density at radius 2 is 2.14 bits per heavy atom. The molecule has 0 saturated carbocycles. The van der Waals surface area contributed by atoms with Gasteiger partial charge in [0.25, 0.3) is 5.56 Å². The number of hydrogen-bond acceptors (Lipinski definition) is 8. The van der Waals surface area contributed by atoms with Crippen LogP contribution in [0.3, 0.4) is 0 Å². The van der Waals surface area contributed by atoms with Gasteiger partial charge in [0.05, 0.1) is 12.7 Å². The number of nitriles is 1. The summed E-state index contributed by atoms with van der Waals surface area (Å²) in [5.74, 6) is 1.40. The lowest BCUT2D eigenvalue weighted by atomic mass is 9.94. The van der Waals surface area contributed by atoms with Crippen molar-refractivity contribution in [2.24, 2.45) is 5.92 Å². The van der Waals surface area contributed by atoms with Crippen LogP contribution in [0.25, 0.3) is 10.9 Å². The molecule has 148 valence electrons. The van der Waals surface area contributed by atoms with E-state index in [0.717, 1.165) is 31.5 Å². The van der Waals surface area contributed by atoms with E-state index in [2.05, 4.69) is 36.5 Å². The van der Waals surface area contributed by atoms with Gasteiger partial charge in [0.2, 0.25) is 0 Å². The molecule has 9 nitrogen and oxygen atoms in total. The summed E-state index contributed by atoms with van der Waals surface area (Å²) in [7, 11) is 0. The summed E-state index contributed by atoms with van der Waals surface area (Å²) in [5, 5.41) is 28.5. The zero-order valence-electron chi connectivity index (χ0n) is 15.8. The third-order valence-corrected chi connectivity index (χ3v) is 5.22. The molecule has 0 spiro atoms. The lowest BCUT2D eigenvalue weighted by Crippen LogP contribution is -2.35. The van der Waals surface area contributed by atoms with E-state index < -0.39 is 0 Å². The zero-order chi connectivity index (χ0) is 20.2. The minimum Gasteiger partial charge on any atom is -0.392 e. The number of aliphatic hydroxyl groups is 1. The first kappa shape index (κ1) is 18.8. The lowest BCUT2D eigenvalue weighted by molar-refractivity contribution is 0.282. The first-order chi connectivity index (χ1) is 14.2. The number of benzene rings is 1. The van der Waals surface area contributed by atoms with Gasteiger partial charge in [-0.25, -0.2) is 15.1 Å². The summed E-state index contributed by atoms with van der Waals surface area (Å²) in [5.41, 5.74) is 1.59. The van der Waals surface area contributed by atoms with Crippen LogP contribution in [-0.2, 0) is 6.61 Å². The van der Waals surface area contributed by atoms with Gasteiger partial charge in [0.1, 0.15) is 23.0 Å². The minimum absolute atomic E-state index is 0.0730. The highest BCUT2D eigenvalue weighted by molar-refractivity contribution is 5.95. The van der Waals surface area contributed by atoms with Crippen LogP contribution in [0, 0.1) is 17.2 Å². The normalized spacial score (nSPS) is 14.7. The van der Waals surface area contributed by atoms with Crippen LogP contribution in [0.5, 0.6) is 0 Å². The van der Waals surface area contributed by atoms with Gasteiger partial charge < -0.3 is 15.3 Å². The van der Waals surface area contributed by atoms with Gasteiger partial charge in [-0.15, -0.1) is 0 Å². The first-order valence-electron chi connectivity index (χ1n) is 9.51. The summed E-state index contributed by atoms with van der Waals surface area (Å²) >= 11 is 0. The molecule has 4 rings (SSSR count). The first-order valence-corrected chi connectivity index (χ1v) is 9.51. The van der Waals surface area contributed by atoms with Crippen LogP contribution in [0.15, 0.2) is 35.4 Å². The van der Waals surface area contributed by atoms with E-state index >= 15 is 0 Å². The van der Waals surface area contributed by atoms with Crippen LogP contribution in [0.4, 0.5) is 17.3 Å². The molecular weight excluding hydrogens is 370 g/mol. The van der Waals surface area contributed by atoms with Gasteiger partial charge in [-0.1, -0.05) is 12.1 Å². The maximum Gasteiger partial charge on any atom is 0.277 e. The summed E-state index contributed by atoms with van der Waals surface area (Å²) in [6, 6.07) is 9.51. The molecule has 0 unspecified atom stereocenters. The van der Waals surface area contributed by atoms with Crippen molar-refractivity contribution in [2.75, 3.05) is 23.3 Å². The largest absolute Gasteiger partial charge is 0.392 e. The molecule has 2 aromatic heterocycles. The zero-order valence-corrected chi connectivity index (χ0v) is 15.8. The molecule has 1 fully saturated rings. The molecule has 1 aromatic carbocycles. The number of anilines is 3. The van der Waals surface area contributed by atoms with Crippen LogP contribution in [0.2, 0.25) is 0 Å². The average Bonchev–Trinajstić information content (AvgIpc) is 2.75. The average molecular weight is 391 g/mol. The van der Waals surface area contributed by atoms with E-state index in [1.54, 1.807) is 6.07 Å². The SMILES string of the molecule is N#CCC1CCN(c2n[nH]c(=O)c3c(Nc4cccc(CO)c4)ncnc23)CC1. The second-order valence-corrected chi connectivity index (χ2v) is 7.10. The van der Waals surface area contributed by atoms with Crippen LogP contribution < -0.4 is 15.8 Å². The molecule has 3 N–H and O–H groups in total. The summed E-state index contributed by atoms with van der Waals surface area (Å²) in [6.07, 6.45) is 3.78. The molecule has 0 aliphatic carbocycles. The highest BCUT2D eigenvalue weighted by Crippen LogP contribution is 2.29. The Kier molecular flexibility index (Phi) is 5.35. The minimum atomic E-state index is -0.371. The number of nitrogens with zero attached hydrogens (tertiary/aromatic N) is 5. The van der Waals surface area contributed by atoms with Gasteiger partial charge >= 0.3 is 0 Å². The number of rotatable bonds is 5. The Balaban J connectivity index is 1.69. The highest BCUT2D eigenvalue weighted by Gasteiger charge is 2.23. The van der Waals surface area contributed by atoms with Crippen LogP contribution >= 0.6 is 0 Å². The van der Waals surface area contributed by atoms with Crippen LogP contribution in [-0.4, -0.2) is 38.4 Å². The van der Waals surface area contributed by atoms with Crippen molar-refractivity contribution in [1.82, 2.24) is 20.2 Å². The number of hydrogen-bond donors (Lipinski definition) is 3. The maximum absolute atomic E-state index is 12.6. The van der Waals surface area contributed by atoms with Crippen molar-refractivity contribution in [3.05, 3.63) is 46.5 Å². The Morgan fingerprint density at radius 1 is 1.31 bits per heavy atom. The molecule has 29 heavy (non-hydrogen) atoms. The third-order valence-electron chi connectivity index (χ3n) is 5.22. The van der Waals surface area contributed by atoms with Gasteiger partial charge in [-0.2, -0.15) is 10.4 Å². The Morgan fingerprint density at radius 3 is 2.90 bits per heavy atom. The fourth-order valence-corrected chi connectivity index (χ4v) is 3.66. The summed E-state index contributed by atoms with van der Waals surface area (Å²) < 4.78 is 0. The number of aliphatic hydroxyl groups excluding tert-OH is 1. The number of piperidine rings is 1. The molecule has 0 amide bonds. The Bertz CT molecular complexity index is 1110. The Labute approximate surface area is 167 Å². The molecule has 0 atom stereocenters.